The van der Waals surface area contributed by atoms with Crippen molar-refractivity contribution in [2.75, 3.05) is 6.54 Å². The normalized spacial score (nSPS) is 47.0. The highest BCUT2D eigenvalue weighted by molar-refractivity contribution is 6.45. The number of piperidine rings is 1. The maximum absolute atomic E-state index is 13.2. The Morgan fingerprint density at radius 2 is 2.25 bits per heavy atom. The Labute approximate surface area is 71.3 Å². The van der Waals surface area contributed by atoms with Crippen molar-refractivity contribution in [2.24, 2.45) is 5.92 Å². The SMILES string of the molecule is CB(O)N1CC2CC1[C@H](F)[C@@H]2O. The number of nitrogens with zero attached hydrogens (tertiary/aromatic N) is 1. The van der Waals surface area contributed by atoms with Crippen LogP contribution in [0, 0.1) is 5.92 Å². The summed E-state index contributed by atoms with van der Waals surface area (Å²) in [5, 5.41) is 18.6. The van der Waals surface area contributed by atoms with E-state index in [0.717, 1.165) is 0 Å². The summed E-state index contributed by atoms with van der Waals surface area (Å²) in [6.07, 6.45) is -1.28. The summed E-state index contributed by atoms with van der Waals surface area (Å²) in [5.41, 5.74) is 0. The summed E-state index contributed by atoms with van der Waals surface area (Å²) in [5.74, 6) is 0.0274. The molecule has 0 aromatic rings. The monoisotopic (exact) mass is 173 g/mol. The first-order chi connectivity index (χ1) is 5.61. The Bertz CT molecular complexity index is 190. The van der Waals surface area contributed by atoms with Crippen LogP contribution in [-0.4, -0.2) is 46.9 Å². The molecule has 2 fully saturated rings. The van der Waals surface area contributed by atoms with Crippen LogP contribution in [0.4, 0.5) is 4.39 Å². The largest absolute Gasteiger partial charge is 0.437 e. The van der Waals surface area contributed by atoms with Crippen molar-refractivity contribution >= 4 is 7.05 Å². The van der Waals surface area contributed by atoms with Gasteiger partial charge < -0.3 is 14.9 Å². The van der Waals surface area contributed by atoms with Crippen LogP contribution in [0.1, 0.15) is 6.42 Å². The predicted molar refractivity (Wildman–Crippen MR) is 43.3 cm³/mol. The lowest BCUT2D eigenvalue weighted by Gasteiger charge is -2.32. The molecule has 1 saturated carbocycles. The lowest BCUT2D eigenvalue weighted by molar-refractivity contribution is 0.0195. The minimum Gasteiger partial charge on any atom is -0.437 e. The molecule has 12 heavy (non-hydrogen) atoms. The van der Waals surface area contributed by atoms with Crippen molar-refractivity contribution in [1.29, 1.82) is 0 Å². The molecule has 4 atom stereocenters. The summed E-state index contributed by atoms with van der Waals surface area (Å²) in [6, 6.07) is -0.259. The van der Waals surface area contributed by atoms with Crippen LogP contribution < -0.4 is 0 Å². The lowest BCUT2D eigenvalue weighted by Crippen LogP contribution is -2.51. The number of halogens is 1. The highest BCUT2D eigenvalue weighted by atomic mass is 19.1. The van der Waals surface area contributed by atoms with E-state index in [1.165, 1.54) is 0 Å². The van der Waals surface area contributed by atoms with Gasteiger partial charge in [-0.15, -0.1) is 0 Å². The number of aliphatic hydroxyl groups is 1. The fraction of sp³-hybridized carbons (Fsp3) is 1.00. The van der Waals surface area contributed by atoms with Crippen LogP contribution in [0.15, 0.2) is 0 Å². The second kappa shape index (κ2) is 2.68. The Morgan fingerprint density at radius 3 is 2.67 bits per heavy atom. The Morgan fingerprint density at radius 1 is 1.58 bits per heavy atom. The van der Waals surface area contributed by atoms with Gasteiger partial charge in [0.1, 0.15) is 6.17 Å². The molecule has 1 heterocycles. The molecule has 1 aliphatic carbocycles. The number of rotatable bonds is 1. The smallest absolute Gasteiger partial charge is 0.376 e. The van der Waals surface area contributed by atoms with Gasteiger partial charge in [0.15, 0.2) is 0 Å². The van der Waals surface area contributed by atoms with E-state index in [2.05, 4.69) is 0 Å². The van der Waals surface area contributed by atoms with Gasteiger partial charge in [0, 0.05) is 12.0 Å². The third kappa shape index (κ3) is 1.00. The van der Waals surface area contributed by atoms with Gasteiger partial charge in [-0.25, -0.2) is 4.39 Å². The number of aliphatic hydroxyl groups excluding tert-OH is 1. The molecular formula is C7H13BFNO2. The van der Waals surface area contributed by atoms with E-state index in [4.69, 9.17) is 0 Å². The third-order valence-corrected chi connectivity index (χ3v) is 3.07. The van der Waals surface area contributed by atoms with Gasteiger partial charge in [0.25, 0.3) is 0 Å². The van der Waals surface area contributed by atoms with Gasteiger partial charge >= 0.3 is 7.05 Å². The molecule has 3 nitrogen and oxygen atoms in total. The van der Waals surface area contributed by atoms with Crippen LogP contribution in [0.2, 0.25) is 6.82 Å². The molecule has 0 aromatic carbocycles. The molecule has 2 unspecified atom stereocenters. The van der Waals surface area contributed by atoms with Gasteiger partial charge in [-0.2, -0.15) is 0 Å². The van der Waals surface area contributed by atoms with Gasteiger partial charge in [-0.3, -0.25) is 0 Å². The molecule has 0 spiro atoms. The second-order valence-corrected chi connectivity index (χ2v) is 3.83. The molecule has 68 valence electrons. The summed E-state index contributed by atoms with van der Waals surface area (Å²) in [6.45, 7) is 2.27. The molecule has 2 aliphatic rings. The van der Waals surface area contributed by atoms with E-state index in [1.54, 1.807) is 11.6 Å². The van der Waals surface area contributed by atoms with E-state index in [0.29, 0.717) is 13.0 Å². The Balaban J connectivity index is 2.10. The van der Waals surface area contributed by atoms with Crippen LogP contribution in [-0.2, 0) is 0 Å². The topological polar surface area (TPSA) is 43.7 Å². The zero-order valence-corrected chi connectivity index (χ0v) is 7.02. The molecule has 1 saturated heterocycles. The quantitative estimate of drug-likeness (QED) is 0.525. The summed E-state index contributed by atoms with van der Waals surface area (Å²) < 4.78 is 13.2. The molecular weight excluding hydrogens is 160 g/mol. The van der Waals surface area contributed by atoms with Crippen molar-refractivity contribution in [3.63, 3.8) is 0 Å². The highest BCUT2D eigenvalue weighted by Gasteiger charge is 2.53. The zero-order valence-electron chi connectivity index (χ0n) is 7.02. The molecule has 5 heteroatoms. The minimum atomic E-state index is -1.17. The second-order valence-electron chi connectivity index (χ2n) is 3.83. The maximum Gasteiger partial charge on any atom is 0.376 e. The van der Waals surface area contributed by atoms with Crippen molar-refractivity contribution in [2.45, 2.75) is 31.6 Å². The zero-order chi connectivity index (χ0) is 8.88. The number of hydrogen-bond acceptors (Lipinski definition) is 3. The first-order valence-electron chi connectivity index (χ1n) is 4.37. The van der Waals surface area contributed by atoms with Gasteiger partial charge in [-0.05, 0) is 19.8 Å². The molecule has 2 N–H and O–H groups in total. The molecule has 2 rings (SSSR count). The van der Waals surface area contributed by atoms with Crippen molar-refractivity contribution in [3.8, 4) is 0 Å². The van der Waals surface area contributed by atoms with E-state index < -0.39 is 19.3 Å². The van der Waals surface area contributed by atoms with Crippen molar-refractivity contribution in [3.05, 3.63) is 0 Å². The third-order valence-electron chi connectivity index (χ3n) is 3.07. The first-order valence-corrected chi connectivity index (χ1v) is 4.37. The standard InChI is InChI=1S/C7H13BFNO2/c1-8(12)10-3-4-2-5(10)6(9)7(4)11/h4-7,11-12H,2-3H2,1H3/t4?,5?,6-,7+/m0/s1. The van der Waals surface area contributed by atoms with Gasteiger partial charge in [-0.1, -0.05) is 0 Å². The van der Waals surface area contributed by atoms with Crippen LogP contribution in [0.25, 0.3) is 0 Å². The highest BCUT2D eigenvalue weighted by Crippen LogP contribution is 2.39. The molecule has 2 bridgehead atoms. The number of alkyl halides is 1. The Hall–Kier alpha value is -0.125. The number of fused-ring (bicyclic) bond motifs is 2. The first kappa shape index (κ1) is 8.47. The summed E-state index contributed by atoms with van der Waals surface area (Å²) in [7, 11) is -0.592. The van der Waals surface area contributed by atoms with E-state index in [1.807, 2.05) is 0 Å². The van der Waals surface area contributed by atoms with Gasteiger partial charge in [0.05, 0.1) is 6.10 Å². The molecule has 0 amide bonds. The summed E-state index contributed by atoms with van der Waals surface area (Å²) in [4.78, 5) is 1.72. The maximum atomic E-state index is 13.2. The fourth-order valence-electron chi connectivity index (χ4n) is 2.40. The van der Waals surface area contributed by atoms with Crippen LogP contribution in [0.5, 0.6) is 0 Å². The molecule has 0 aromatic heterocycles. The van der Waals surface area contributed by atoms with Crippen molar-refractivity contribution < 1.29 is 14.5 Å². The van der Waals surface area contributed by atoms with E-state index >= 15 is 0 Å². The predicted octanol–water partition coefficient (Wildman–Crippen LogP) is -0.500. The van der Waals surface area contributed by atoms with Crippen molar-refractivity contribution in [1.82, 2.24) is 4.81 Å². The van der Waals surface area contributed by atoms with Gasteiger partial charge in [0.2, 0.25) is 0 Å². The van der Waals surface area contributed by atoms with Crippen LogP contribution in [0.3, 0.4) is 0 Å². The van der Waals surface area contributed by atoms with E-state index in [-0.39, 0.29) is 12.0 Å². The lowest BCUT2D eigenvalue weighted by atomic mass is 9.82. The number of hydrogen-bond donors (Lipinski definition) is 2. The van der Waals surface area contributed by atoms with Crippen LogP contribution >= 0.6 is 0 Å². The van der Waals surface area contributed by atoms with E-state index in [9.17, 15) is 14.5 Å². The average Bonchev–Trinajstić information content (AvgIpc) is 2.53. The summed E-state index contributed by atoms with van der Waals surface area (Å²) >= 11 is 0. The molecule has 1 aliphatic heterocycles. The average molecular weight is 173 g/mol. The molecule has 0 radical (unpaired) electrons. The minimum absolute atomic E-state index is 0.0274. The fourth-order valence-corrected chi connectivity index (χ4v) is 2.40. The Kier molecular flexibility index (Phi) is 1.90.